The molecule has 0 aliphatic heterocycles. The third kappa shape index (κ3) is 4.02. The predicted molar refractivity (Wildman–Crippen MR) is 62.9 cm³/mol. The Morgan fingerprint density at radius 2 is 2.38 bits per heavy atom. The zero-order chi connectivity index (χ0) is 12.0. The van der Waals surface area contributed by atoms with Crippen LogP contribution in [0.5, 0.6) is 0 Å². The number of amides is 1. The first-order valence-corrected chi connectivity index (χ1v) is 5.56. The van der Waals surface area contributed by atoms with Crippen molar-refractivity contribution < 1.29 is 4.79 Å². The van der Waals surface area contributed by atoms with Crippen LogP contribution in [0.2, 0.25) is 0 Å². The second-order valence-electron chi connectivity index (χ2n) is 3.99. The van der Waals surface area contributed by atoms with Crippen molar-refractivity contribution in [1.29, 1.82) is 0 Å². The lowest BCUT2D eigenvalue weighted by atomic mass is 10.3. The molecule has 5 nitrogen and oxygen atoms in total. The maximum atomic E-state index is 11.7. The molecule has 2 N–H and O–H groups in total. The molecule has 0 saturated carbocycles. The lowest BCUT2D eigenvalue weighted by molar-refractivity contribution is -0.130. The van der Waals surface area contributed by atoms with E-state index in [0.29, 0.717) is 19.5 Å². The largest absolute Gasteiger partial charge is 0.346 e. The minimum absolute atomic E-state index is 0.140. The third-order valence-electron chi connectivity index (χ3n) is 2.44. The summed E-state index contributed by atoms with van der Waals surface area (Å²) in [4.78, 5) is 13.4. The van der Waals surface area contributed by atoms with Gasteiger partial charge in [-0.15, -0.1) is 0 Å². The van der Waals surface area contributed by atoms with Gasteiger partial charge >= 0.3 is 0 Å². The molecule has 1 amide bonds. The van der Waals surface area contributed by atoms with Crippen molar-refractivity contribution in [1.82, 2.24) is 14.7 Å². The van der Waals surface area contributed by atoms with Gasteiger partial charge in [0.1, 0.15) is 0 Å². The van der Waals surface area contributed by atoms with E-state index in [9.17, 15) is 4.79 Å². The van der Waals surface area contributed by atoms with Gasteiger partial charge in [-0.05, 0) is 25.5 Å². The Hall–Kier alpha value is -1.36. The zero-order valence-electron chi connectivity index (χ0n) is 10.0. The average molecular weight is 224 g/mol. The maximum Gasteiger partial charge on any atom is 0.224 e. The summed E-state index contributed by atoms with van der Waals surface area (Å²) in [5.41, 5.74) is 6.51. The van der Waals surface area contributed by atoms with Crippen molar-refractivity contribution in [2.24, 2.45) is 5.73 Å². The summed E-state index contributed by atoms with van der Waals surface area (Å²) in [7, 11) is 1.81. The van der Waals surface area contributed by atoms with Crippen LogP contribution in [-0.2, 0) is 11.3 Å². The molecular weight excluding hydrogens is 204 g/mol. The van der Waals surface area contributed by atoms with Crippen LogP contribution in [0.4, 0.5) is 0 Å². The first-order chi connectivity index (χ1) is 7.63. The van der Waals surface area contributed by atoms with Gasteiger partial charge in [-0.25, -0.2) is 0 Å². The number of carbonyl (C=O) groups is 1. The average Bonchev–Trinajstić information content (AvgIpc) is 2.68. The van der Waals surface area contributed by atoms with Crippen molar-refractivity contribution in [2.45, 2.75) is 26.3 Å². The number of nitrogens with zero attached hydrogens (tertiary/aromatic N) is 3. The molecule has 90 valence electrons. The Morgan fingerprint density at radius 1 is 1.62 bits per heavy atom. The van der Waals surface area contributed by atoms with Crippen LogP contribution in [0.15, 0.2) is 12.4 Å². The van der Waals surface area contributed by atoms with E-state index >= 15 is 0 Å². The van der Waals surface area contributed by atoms with Crippen LogP contribution in [-0.4, -0.2) is 40.7 Å². The van der Waals surface area contributed by atoms with Crippen LogP contribution in [0.25, 0.3) is 0 Å². The topological polar surface area (TPSA) is 64.2 Å². The van der Waals surface area contributed by atoms with Gasteiger partial charge in [-0.3, -0.25) is 9.48 Å². The summed E-state index contributed by atoms with van der Waals surface area (Å²) < 4.78 is 1.80. The van der Waals surface area contributed by atoms with E-state index in [2.05, 4.69) is 5.10 Å². The van der Waals surface area contributed by atoms with E-state index in [1.165, 1.54) is 0 Å². The fourth-order valence-corrected chi connectivity index (χ4v) is 1.44. The smallest absolute Gasteiger partial charge is 0.224 e. The molecule has 0 fully saturated rings. The zero-order valence-corrected chi connectivity index (χ0v) is 10.0. The number of nitrogens with two attached hydrogens (primary N) is 1. The highest BCUT2D eigenvalue weighted by Gasteiger charge is 2.08. The number of aryl methyl sites for hydroxylation is 2. The second-order valence-corrected chi connectivity index (χ2v) is 3.99. The Labute approximate surface area is 96.2 Å². The lowest BCUT2D eigenvalue weighted by Gasteiger charge is -2.16. The third-order valence-corrected chi connectivity index (χ3v) is 2.44. The summed E-state index contributed by atoms with van der Waals surface area (Å²) in [6.45, 7) is 3.97. The van der Waals surface area contributed by atoms with E-state index in [1.54, 1.807) is 15.8 Å². The quantitative estimate of drug-likeness (QED) is 0.760. The molecule has 0 unspecified atom stereocenters. The number of aromatic nitrogens is 2. The molecule has 5 heteroatoms. The molecule has 16 heavy (non-hydrogen) atoms. The number of rotatable bonds is 6. The minimum Gasteiger partial charge on any atom is -0.346 e. The van der Waals surface area contributed by atoms with Crippen LogP contribution in [0.1, 0.15) is 18.4 Å². The number of carbonyl (C=O) groups excluding carboxylic acids is 1. The highest BCUT2D eigenvalue weighted by atomic mass is 16.2. The highest BCUT2D eigenvalue weighted by molar-refractivity contribution is 5.75. The van der Waals surface area contributed by atoms with Gasteiger partial charge in [-0.2, -0.15) is 5.10 Å². The molecule has 0 radical (unpaired) electrons. The summed E-state index contributed by atoms with van der Waals surface area (Å²) >= 11 is 0. The van der Waals surface area contributed by atoms with E-state index < -0.39 is 0 Å². The van der Waals surface area contributed by atoms with Gasteiger partial charge in [0.05, 0.1) is 6.20 Å². The van der Waals surface area contributed by atoms with Crippen molar-refractivity contribution in [3.63, 3.8) is 0 Å². The monoisotopic (exact) mass is 224 g/mol. The molecule has 0 bridgehead atoms. The first-order valence-electron chi connectivity index (χ1n) is 5.56. The van der Waals surface area contributed by atoms with Gasteiger partial charge < -0.3 is 10.6 Å². The second kappa shape index (κ2) is 6.27. The normalized spacial score (nSPS) is 10.4. The summed E-state index contributed by atoms with van der Waals surface area (Å²) in [5, 5.41) is 4.14. The summed E-state index contributed by atoms with van der Waals surface area (Å²) in [5.74, 6) is 0.140. The van der Waals surface area contributed by atoms with E-state index in [4.69, 9.17) is 5.73 Å². The molecule has 0 atom stereocenters. The standard InChI is InChI=1S/C11H20N4O/c1-10-8-13-15(9-10)7-4-11(16)14(2)6-3-5-12/h8-9H,3-7,12H2,1-2H3. The van der Waals surface area contributed by atoms with E-state index in [1.807, 2.05) is 20.2 Å². The van der Waals surface area contributed by atoms with Gasteiger partial charge in [0.2, 0.25) is 5.91 Å². The number of hydrogen-bond donors (Lipinski definition) is 1. The Bertz CT molecular complexity index is 334. The van der Waals surface area contributed by atoms with Gasteiger partial charge in [0.15, 0.2) is 0 Å². The van der Waals surface area contributed by atoms with Crippen molar-refractivity contribution in [2.75, 3.05) is 20.1 Å². The molecule has 0 spiro atoms. The molecular formula is C11H20N4O. The molecule has 1 aromatic rings. The first kappa shape index (κ1) is 12.7. The van der Waals surface area contributed by atoms with Crippen LogP contribution < -0.4 is 5.73 Å². The fraction of sp³-hybridized carbons (Fsp3) is 0.636. The molecule has 0 aliphatic carbocycles. The number of hydrogen-bond acceptors (Lipinski definition) is 3. The molecule has 1 rings (SSSR count). The Morgan fingerprint density at radius 3 is 2.94 bits per heavy atom. The molecule has 1 heterocycles. The summed E-state index contributed by atoms with van der Waals surface area (Å²) in [6.07, 6.45) is 5.07. The Kier molecular flexibility index (Phi) is 4.98. The van der Waals surface area contributed by atoms with Gasteiger partial charge in [-0.1, -0.05) is 0 Å². The predicted octanol–water partition coefficient (Wildman–Crippen LogP) is 0.389. The van der Waals surface area contributed by atoms with E-state index in [0.717, 1.165) is 18.5 Å². The Balaban J connectivity index is 2.29. The summed E-state index contributed by atoms with van der Waals surface area (Å²) in [6, 6.07) is 0. The minimum atomic E-state index is 0.140. The van der Waals surface area contributed by atoms with Crippen LogP contribution in [0.3, 0.4) is 0 Å². The molecule has 0 aliphatic rings. The van der Waals surface area contributed by atoms with Crippen LogP contribution in [0, 0.1) is 6.92 Å². The van der Waals surface area contributed by atoms with Crippen LogP contribution >= 0.6 is 0 Å². The van der Waals surface area contributed by atoms with Gasteiger partial charge in [0, 0.05) is 32.8 Å². The SMILES string of the molecule is Cc1cnn(CCC(=O)N(C)CCCN)c1. The molecule has 0 saturated heterocycles. The van der Waals surface area contributed by atoms with Gasteiger partial charge in [0.25, 0.3) is 0 Å². The fourth-order valence-electron chi connectivity index (χ4n) is 1.44. The van der Waals surface area contributed by atoms with Crippen molar-refractivity contribution in [3.05, 3.63) is 18.0 Å². The van der Waals surface area contributed by atoms with E-state index in [-0.39, 0.29) is 5.91 Å². The van der Waals surface area contributed by atoms with Crippen molar-refractivity contribution in [3.8, 4) is 0 Å². The lowest BCUT2D eigenvalue weighted by Crippen LogP contribution is -2.29. The molecule has 1 aromatic heterocycles. The molecule has 0 aromatic carbocycles. The maximum absolute atomic E-state index is 11.7. The van der Waals surface area contributed by atoms with Crippen molar-refractivity contribution >= 4 is 5.91 Å². The highest BCUT2D eigenvalue weighted by Crippen LogP contribution is 1.98.